The standard InChI is InChI=1S/C17H14N2O5/c1-23-14-6-7-16-15(9-14)11(10-24-16)8-17(20)18-12-2-4-13(5-3-12)19(21)22/h2-7,9-10H,8H2,1H3,(H,18,20). The van der Waals surface area contributed by atoms with Crippen LogP contribution in [0.25, 0.3) is 11.0 Å². The molecule has 0 fully saturated rings. The summed E-state index contributed by atoms with van der Waals surface area (Å²) in [5, 5.41) is 14.1. The van der Waals surface area contributed by atoms with Crippen molar-refractivity contribution in [3.05, 3.63) is 64.4 Å². The van der Waals surface area contributed by atoms with Crippen molar-refractivity contribution in [2.75, 3.05) is 12.4 Å². The molecule has 122 valence electrons. The van der Waals surface area contributed by atoms with Crippen molar-refractivity contribution in [1.82, 2.24) is 0 Å². The van der Waals surface area contributed by atoms with Crippen molar-refractivity contribution < 1.29 is 18.9 Å². The second kappa shape index (κ2) is 6.41. The van der Waals surface area contributed by atoms with Gasteiger partial charge in [-0.25, -0.2) is 0 Å². The van der Waals surface area contributed by atoms with E-state index in [2.05, 4.69) is 5.32 Å². The van der Waals surface area contributed by atoms with Crippen LogP contribution in [-0.2, 0) is 11.2 Å². The lowest BCUT2D eigenvalue weighted by molar-refractivity contribution is -0.384. The topological polar surface area (TPSA) is 94.6 Å². The zero-order chi connectivity index (χ0) is 17.1. The largest absolute Gasteiger partial charge is 0.497 e. The first-order chi connectivity index (χ1) is 11.6. The van der Waals surface area contributed by atoms with Crippen LogP contribution in [0, 0.1) is 10.1 Å². The molecule has 24 heavy (non-hydrogen) atoms. The summed E-state index contributed by atoms with van der Waals surface area (Å²) >= 11 is 0. The Kier molecular flexibility index (Phi) is 4.15. The number of anilines is 1. The Bertz CT molecular complexity index is 899. The first-order valence-corrected chi connectivity index (χ1v) is 7.15. The summed E-state index contributed by atoms with van der Waals surface area (Å²) in [5.74, 6) is 0.440. The molecule has 1 amide bonds. The molecule has 0 spiro atoms. The number of nitro groups is 1. The highest BCUT2D eigenvalue weighted by Crippen LogP contribution is 2.26. The number of benzene rings is 2. The number of carbonyl (C=O) groups is 1. The van der Waals surface area contributed by atoms with E-state index < -0.39 is 4.92 Å². The number of non-ortho nitro benzene ring substituents is 1. The van der Waals surface area contributed by atoms with Gasteiger partial charge >= 0.3 is 0 Å². The summed E-state index contributed by atoms with van der Waals surface area (Å²) in [5.41, 5.74) is 1.88. The maximum Gasteiger partial charge on any atom is 0.269 e. The third kappa shape index (κ3) is 3.19. The van der Waals surface area contributed by atoms with Crippen molar-refractivity contribution >= 4 is 28.3 Å². The van der Waals surface area contributed by atoms with E-state index in [1.807, 2.05) is 6.07 Å². The third-order valence-corrected chi connectivity index (χ3v) is 3.57. The van der Waals surface area contributed by atoms with Crippen LogP contribution < -0.4 is 10.1 Å². The molecule has 7 nitrogen and oxygen atoms in total. The first kappa shape index (κ1) is 15.5. The number of fused-ring (bicyclic) bond motifs is 1. The number of furan rings is 1. The molecule has 0 aliphatic rings. The van der Waals surface area contributed by atoms with Crippen molar-refractivity contribution in [3.8, 4) is 5.75 Å². The molecule has 0 saturated heterocycles. The third-order valence-electron chi connectivity index (χ3n) is 3.57. The Morgan fingerprint density at radius 1 is 1.25 bits per heavy atom. The number of hydrogen-bond acceptors (Lipinski definition) is 5. The molecule has 0 unspecified atom stereocenters. The molecule has 3 rings (SSSR count). The molecule has 0 aliphatic heterocycles. The van der Waals surface area contributed by atoms with Crippen LogP contribution in [0.15, 0.2) is 53.1 Å². The molecule has 0 atom stereocenters. The Balaban J connectivity index is 1.74. The van der Waals surface area contributed by atoms with Gasteiger partial charge in [0.1, 0.15) is 11.3 Å². The predicted molar refractivity (Wildman–Crippen MR) is 88.2 cm³/mol. The molecule has 1 N–H and O–H groups in total. The smallest absolute Gasteiger partial charge is 0.269 e. The number of nitrogens with one attached hydrogen (secondary N) is 1. The molecule has 2 aromatic carbocycles. The number of hydrogen-bond donors (Lipinski definition) is 1. The van der Waals surface area contributed by atoms with Gasteiger partial charge in [0.15, 0.2) is 0 Å². The van der Waals surface area contributed by atoms with Gasteiger partial charge in [-0.3, -0.25) is 14.9 Å². The second-order valence-corrected chi connectivity index (χ2v) is 5.15. The minimum Gasteiger partial charge on any atom is -0.497 e. The van der Waals surface area contributed by atoms with E-state index in [1.165, 1.54) is 24.3 Å². The summed E-state index contributed by atoms with van der Waals surface area (Å²) in [6, 6.07) is 11.0. The number of ether oxygens (including phenoxy) is 1. The molecule has 3 aromatic rings. The zero-order valence-corrected chi connectivity index (χ0v) is 12.8. The Labute approximate surface area is 137 Å². The van der Waals surface area contributed by atoms with Gasteiger partial charge in [0, 0.05) is 28.8 Å². The normalized spacial score (nSPS) is 10.5. The monoisotopic (exact) mass is 326 g/mol. The highest BCUT2D eigenvalue weighted by atomic mass is 16.6. The number of nitro benzene ring substituents is 1. The van der Waals surface area contributed by atoms with Gasteiger partial charge < -0.3 is 14.5 Å². The van der Waals surface area contributed by atoms with Crippen LogP contribution in [0.1, 0.15) is 5.56 Å². The Morgan fingerprint density at radius 3 is 2.67 bits per heavy atom. The van der Waals surface area contributed by atoms with E-state index in [4.69, 9.17) is 9.15 Å². The maximum atomic E-state index is 12.2. The van der Waals surface area contributed by atoms with E-state index in [1.54, 1.807) is 25.5 Å². The van der Waals surface area contributed by atoms with Gasteiger partial charge in [0.05, 0.1) is 24.7 Å². The van der Waals surface area contributed by atoms with E-state index in [9.17, 15) is 14.9 Å². The van der Waals surface area contributed by atoms with Gasteiger partial charge in [-0.2, -0.15) is 0 Å². The van der Waals surface area contributed by atoms with Crippen molar-refractivity contribution in [2.45, 2.75) is 6.42 Å². The fraction of sp³-hybridized carbons (Fsp3) is 0.118. The molecule has 0 aliphatic carbocycles. The summed E-state index contributed by atoms with van der Waals surface area (Å²) in [7, 11) is 1.57. The van der Waals surface area contributed by atoms with Crippen LogP contribution >= 0.6 is 0 Å². The van der Waals surface area contributed by atoms with E-state index in [0.717, 1.165) is 10.9 Å². The lowest BCUT2D eigenvalue weighted by Gasteiger charge is -2.04. The van der Waals surface area contributed by atoms with Gasteiger partial charge in [-0.15, -0.1) is 0 Å². The summed E-state index contributed by atoms with van der Waals surface area (Å²) < 4.78 is 10.6. The van der Waals surface area contributed by atoms with Crippen LogP contribution in [-0.4, -0.2) is 17.9 Å². The van der Waals surface area contributed by atoms with Gasteiger partial charge in [0.2, 0.25) is 5.91 Å². The van der Waals surface area contributed by atoms with Crippen LogP contribution in [0.4, 0.5) is 11.4 Å². The zero-order valence-electron chi connectivity index (χ0n) is 12.8. The average Bonchev–Trinajstić information content (AvgIpc) is 2.97. The van der Waals surface area contributed by atoms with Gasteiger partial charge in [-0.05, 0) is 30.3 Å². The highest BCUT2D eigenvalue weighted by Gasteiger charge is 2.12. The molecule has 0 saturated carbocycles. The number of carbonyl (C=O) groups excluding carboxylic acids is 1. The van der Waals surface area contributed by atoms with E-state index >= 15 is 0 Å². The number of nitrogens with zero attached hydrogens (tertiary/aromatic N) is 1. The van der Waals surface area contributed by atoms with Crippen LogP contribution in [0.2, 0.25) is 0 Å². The average molecular weight is 326 g/mol. The first-order valence-electron chi connectivity index (χ1n) is 7.15. The lowest BCUT2D eigenvalue weighted by atomic mass is 10.1. The van der Waals surface area contributed by atoms with Crippen LogP contribution in [0.3, 0.4) is 0 Å². The Hall–Kier alpha value is -3.35. The molecular formula is C17H14N2O5. The highest BCUT2D eigenvalue weighted by molar-refractivity contribution is 5.95. The Morgan fingerprint density at radius 2 is 2.00 bits per heavy atom. The lowest BCUT2D eigenvalue weighted by Crippen LogP contribution is -2.14. The molecule has 7 heteroatoms. The summed E-state index contributed by atoms with van der Waals surface area (Å²) in [6.07, 6.45) is 1.66. The van der Waals surface area contributed by atoms with E-state index in [-0.39, 0.29) is 18.0 Å². The molecule has 0 bridgehead atoms. The number of rotatable bonds is 5. The van der Waals surface area contributed by atoms with Crippen molar-refractivity contribution in [1.29, 1.82) is 0 Å². The minimum absolute atomic E-state index is 0.0269. The maximum absolute atomic E-state index is 12.2. The predicted octanol–water partition coefficient (Wildman–Crippen LogP) is 3.53. The number of amides is 1. The van der Waals surface area contributed by atoms with Crippen molar-refractivity contribution in [3.63, 3.8) is 0 Å². The fourth-order valence-electron chi connectivity index (χ4n) is 2.37. The quantitative estimate of drug-likeness (QED) is 0.571. The fourth-order valence-corrected chi connectivity index (χ4v) is 2.37. The SMILES string of the molecule is COc1ccc2occ(CC(=O)Nc3ccc([N+](=O)[O-])cc3)c2c1. The molecule has 0 radical (unpaired) electrons. The second-order valence-electron chi connectivity index (χ2n) is 5.15. The molecule has 1 heterocycles. The molecular weight excluding hydrogens is 312 g/mol. The van der Waals surface area contributed by atoms with Gasteiger partial charge in [-0.1, -0.05) is 0 Å². The molecule has 1 aromatic heterocycles. The van der Waals surface area contributed by atoms with Crippen molar-refractivity contribution in [2.24, 2.45) is 0 Å². The summed E-state index contributed by atoms with van der Waals surface area (Å²) in [6.45, 7) is 0. The van der Waals surface area contributed by atoms with Crippen LogP contribution in [0.5, 0.6) is 5.75 Å². The van der Waals surface area contributed by atoms with E-state index in [0.29, 0.717) is 17.0 Å². The number of methoxy groups -OCH3 is 1. The van der Waals surface area contributed by atoms with Gasteiger partial charge in [0.25, 0.3) is 5.69 Å². The summed E-state index contributed by atoms with van der Waals surface area (Å²) in [4.78, 5) is 22.3. The minimum atomic E-state index is -0.489.